The van der Waals surface area contributed by atoms with Crippen molar-refractivity contribution in [3.8, 4) is 16.9 Å². The molecular formula is C22H20ClN3O3. The van der Waals surface area contributed by atoms with Crippen LogP contribution in [0.25, 0.3) is 11.1 Å². The lowest BCUT2D eigenvalue weighted by molar-refractivity contribution is -0.118. The third kappa shape index (κ3) is 5.73. The van der Waals surface area contributed by atoms with E-state index in [-0.39, 0.29) is 18.5 Å². The molecule has 0 fully saturated rings. The van der Waals surface area contributed by atoms with Crippen molar-refractivity contribution >= 4 is 34.9 Å². The van der Waals surface area contributed by atoms with Crippen molar-refractivity contribution in [2.75, 3.05) is 24.3 Å². The summed E-state index contributed by atoms with van der Waals surface area (Å²) in [5.41, 5.74) is 3.22. The molecule has 0 aliphatic heterocycles. The molecular weight excluding hydrogens is 390 g/mol. The van der Waals surface area contributed by atoms with Gasteiger partial charge in [0.2, 0.25) is 0 Å². The molecule has 0 aliphatic carbocycles. The van der Waals surface area contributed by atoms with Crippen LogP contribution in [0.4, 0.5) is 16.2 Å². The standard InChI is InChI=1S/C22H20ClN3O3/c1-24-22(28)26-18-10-8-17(9-11-18)25-21(27)14-29-20-12-7-16(13-19(20)23)15-5-3-2-4-6-15/h2-13H,14H2,1H3,(H,25,27)(H2,24,26,28). The predicted molar refractivity (Wildman–Crippen MR) is 116 cm³/mol. The van der Waals surface area contributed by atoms with Crippen molar-refractivity contribution in [1.82, 2.24) is 5.32 Å². The second-order valence-electron chi connectivity index (χ2n) is 6.13. The normalized spacial score (nSPS) is 10.1. The summed E-state index contributed by atoms with van der Waals surface area (Å²) in [6.45, 7) is -0.178. The fourth-order valence-electron chi connectivity index (χ4n) is 2.60. The van der Waals surface area contributed by atoms with E-state index in [2.05, 4.69) is 16.0 Å². The lowest BCUT2D eigenvalue weighted by atomic mass is 10.1. The summed E-state index contributed by atoms with van der Waals surface area (Å²) >= 11 is 6.30. The van der Waals surface area contributed by atoms with Crippen molar-refractivity contribution < 1.29 is 14.3 Å². The molecule has 0 bridgehead atoms. The summed E-state index contributed by atoms with van der Waals surface area (Å²) < 4.78 is 5.54. The highest BCUT2D eigenvalue weighted by Crippen LogP contribution is 2.30. The highest BCUT2D eigenvalue weighted by Gasteiger charge is 2.08. The van der Waals surface area contributed by atoms with Gasteiger partial charge in [-0.05, 0) is 47.5 Å². The Morgan fingerprint density at radius 1 is 0.862 bits per heavy atom. The Hall–Kier alpha value is -3.51. The fraction of sp³-hybridized carbons (Fsp3) is 0.0909. The van der Waals surface area contributed by atoms with Crippen molar-refractivity contribution in [3.05, 3.63) is 77.8 Å². The van der Waals surface area contributed by atoms with Crippen LogP contribution in [0.3, 0.4) is 0 Å². The topological polar surface area (TPSA) is 79.5 Å². The number of halogens is 1. The first-order valence-corrected chi connectivity index (χ1v) is 9.29. The van der Waals surface area contributed by atoms with E-state index < -0.39 is 0 Å². The molecule has 3 amide bonds. The third-order valence-corrected chi connectivity index (χ3v) is 4.35. The van der Waals surface area contributed by atoms with Gasteiger partial charge in [-0.1, -0.05) is 48.0 Å². The number of hydrogen-bond acceptors (Lipinski definition) is 3. The van der Waals surface area contributed by atoms with Crippen LogP contribution in [-0.4, -0.2) is 25.6 Å². The SMILES string of the molecule is CNC(=O)Nc1ccc(NC(=O)COc2ccc(-c3ccccc3)cc2Cl)cc1. The van der Waals surface area contributed by atoms with Crippen molar-refractivity contribution in [1.29, 1.82) is 0 Å². The molecule has 7 heteroatoms. The number of ether oxygens (including phenoxy) is 1. The maximum atomic E-state index is 12.1. The number of amides is 3. The molecule has 6 nitrogen and oxygen atoms in total. The molecule has 0 aliphatic rings. The quantitative estimate of drug-likeness (QED) is 0.548. The van der Waals surface area contributed by atoms with Gasteiger partial charge in [0.05, 0.1) is 5.02 Å². The van der Waals surface area contributed by atoms with Crippen LogP contribution in [-0.2, 0) is 4.79 Å². The lowest BCUT2D eigenvalue weighted by Crippen LogP contribution is -2.24. The van der Waals surface area contributed by atoms with Crippen LogP contribution in [0, 0.1) is 0 Å². The summed E-state index contributed by atoms with van der Waals surface area (Å²) in [5.74, 6) is 0.117. The van der Waals surface area contributed by atoms with Gasteiger partial charge in [0.1, 0.15) is 5.75 Å². The van der Waals surface area contributed by atoms with E-state index in [1.165, 1.54) is 7.05 Å². The predicted octanol–water partition coefficient (Wildman–Crippen LogP) is 4.78. The minimum absolute atomic E-state index is 0.178. The Kier molecular flexibility index (Phi) is 6.71. The van der Waals surface area contributed by atoms with Crippen molar-refractivity contribution in [2.45, 2.75) is 0 Å². The zero-order valence-corrected chi connectivity index (χ0v) is 16.5. The summed E-state index contributed by atoms with van der Waals surface area (Å²) in [5, 5.41) is 8.26. The first-order chi connectivity index (χ1) is 14.0. The molecule has 0 aromatic heterocycles. The first kappa shape index (κ1) is 20.2. The highest BCUT2D eigenvalue weighted by molar-refractivity contribution is 6.32. The van der Waals surface area contributed by atoms with Gasteiger partial charge in [0.25, 0.3) is 5.91 Å². The molecule has 3 rings (SSSR count). The summed E-state index contributed by atoms with van der Waals surface area (Å²) in [6.07, 6.45) is 0. The minimum atomic E-state index is -0.319. The number of nitrogens with one attached hydrogen (secondary N) is 3. The molecule has 0 atom stereocenters. The average molecular weight is 410 g/mol. The molecule has 148 valence electrons. The van der Waals surface area contributed by atoms with Crippen molar-refractivity contribution in [3.63, 3.8) is 0 Å². The number of hydrogen-bond donors (Lipinski definition) is 3. The maximum Gasteiger partial charge on any atom is 0.318 e. The first-order valence-electron chi connectivity index (χ1n) is 8.91. The number of carbonyl (C=O) groups is 2. The Morgan fingerprint density at radius 3 is 2.14 bits per heavy atom. The van der Waals surface area contributed by atoms with Crippen LogP contribution in [0.15, 0.2) is 72.8 Å². The maximum absolute atomic E-state index is 12.1. The van der Waals surface area contributed by atoms with Crippen molar-refractivity contribution in [2.24, 2.45) is 0 Å². The average Bonchev–Trinajstić information content (AvgIpc) is 2.74. The third-order valence-electron chi connectivity index (χ3n) is 4.05. The molecule has 3 aromatic rings. The number of carbonyl (C=O) groups excluding carboxylic acids is 2. The van der Waals surface area contributed by atoms with Crippen LogP contribution < -0.4 is 20.7 Å². The van der Waals surface area contributed by atoms with E-state index in [1.807, 2.05) is 42.5 Å². The van der Waals surface area contributed by atoms with E-state index in [1.54, 1.807) is 30.3 Å². The molecule has 29 heavy (non-hydrogen) atoms. The Balaban J connectivity index is 1.54. The number of anilines is 2. The number of benzene rings is 3. The summed E-state index contributed by atoms with van der Waals surface area (Å²) in [4.78, 5) is 23.4. The van der Waals surface area contributed by atoms with E-state index >= 15 is 0 Å². The van der Waals surface area contributed by atoms with E-state index in [0.29, 0.717) is 22.1 Å². The number of urea groups is 1. The smallest absolute Gasteiger partial charge is 0.318 e. The monoisotopic (exact) mass is 409 g/mol. The van der Waals surface area contributed by atoms with Gasteiger partial charge in [0, 0.05) is 18.4 Å². The van der Waals surface area contributed by atoms with E-state index in [9.17, 15) is 9.59 Å². The molecule has 3 N–H and O–H groups in total. The lowest BCUT2D eigenvalue weighted by Gasteiger charge is -2.11. The van der Waals surface area contributed by atoms with E-state index in [4.69, 9.17) is 16.3 Å². The Labute approximate surface area is 173 Å². The zero-order valence-electron chi connectivity index (χ0n) is 15.7. The van der Waals surface area contributed by atoms with Gasteiger partial charge < -0.3 is 20.7 Å². The second kappa shape index (κ2) is 9.61. The Morgan fingerprint density at radius 2 is 1.52 bits per heavy atom. The van der Waals surface area contributed by atoms with Gasteiger partial charge >= 0.3 is 6.03 Å². The molecule has 0 spiro atoms. The molecule has 0 radical (unpaired) electrons. The van der Waals surface area contributed by atoms with Gasteiger partial charge in [0.15, 0.2) is 6.61 Å². The van der Waals surface area contributed by atoms with E-state index in [0.717, 1.165) is 11.1 Å². The summed E-state index contributed by atoms with van der Waals surface area (Å²) in [7, 11) is 1.53. The van der Waals surface area contributed by atoms with Crippen LogP contribution >= 0.6 is 11.6 Å². The molecule has 3 aromatic carbocycles. The second-order valence-corrected chi connectivity index (χ2v) is 6.54. The number of rotatable bonds is 6. The van der Waals surface area contributed by atoms with Gasteiger partial charge in [-0.2, -0.15) is 0 Å². The molecule has 0 unspecified atom stereocenters. The van der Waals surface area contributed by atoms with Gasteiger partial charge in [-0.15, -0.1) is 0 Å². The van der Waals surface area contributed by atoms with Crippen LogP contribution in [0.1, 0.15) is 0 Å². The Bertz CT molecular complexity index is 992. The highest BCUT2D eigenvalue weighted by atomic mass is 35.5. The molecule has 0 heterocycles. The minimum Gasteiger partial charge on any atom is -0.482 e. The van der Waals surface area contributed by atoms with Gasteiger partial charge in [-0.25, -0.2) is 4.79 Å². The largest absolute Gasteiger partial charge is 0.482 e. The fourth-order valence-corrected chi connectivity index (χ4v) is 2.83. The molecule has 0 saturated carbocycles. The van der Waals surface area contributed by atoms with Crippen LogP contribution in [0.2, 0.25) is 5.02 Å². The zero-order chi connectivity index (χ0) is 20.6. The van der Waals surface area contributed by atoms with Crippen LogP contribution in [0.5, 0.6) is 5.75 Å². The van der Waals surface area contributed by atoms with Gasteiger partial charge in [-0.3, -0.25) is 4.79 Å². The molecule has 0 saturated heterocycles. The summed E-state index contributed by atoms with van der Waals surface area (Å²) in [6, 6.07) is 21.7.